The first-order valence-corrected chi connectivity index (χ1v) is 13.3. The molecule has 0 unspecified atom stereocenters. The first-order valence-electron chi connectivity index (χ1n) is 9.57. The molecule has 0 bridgehead atoms. The van der Waals surface area contributed by atoms with Crippen molar-refractivity contribution >= 4 is 19.0 Å². The molecule has 160 valence electrons. The fourth-order valence-corrected chi connectivity index (χ4v) is 3.80. The largest absolute Gasteiger partial charge is 0.418 e. The third-order valence-electron chi connectivity index (χ3n) is 4.76. The summed E-state index contributed by atoms with van der Waals surface area (Å²) in [6, 6.07) is 5.62. The lowest BCUT2D eigenvalue weighted by molar-refractivity contribution is -0.138. The number of ether oxygens (including phenoxy) is 1. The molecule has 0 aliphatic heterocycles. The number of fused-ring (bicyclic) bond motifs is 1. The van der Waals surface area contributed by atoms with Crippen LogP contribution in [-0.4, -0.2) is 29.2 Å². The van der Waals surface area contributed by atoms with Gasteiger partial charge in [-0.25, -0.2) is 0 Å². The van der Waals surface area contributed by atoms with Crippen molar-refractivity contribution < 1.29 is 17.9 Å². The van der Waals surface area contributed by atoms with E-state index < -0.39 is 19.8 Å². The molecule has 3 rings (SSSR count). The normalized spacial score (nSPS) is 12.5. The van der Waals surface area contributed by atoms with Gasteiger partial charge in [0.2, 0.25) is 0 Å². The number of hydrogen-bond donors (Lipinski definition) is 0. The monoisotopic (exact) mass is 435 g/mol. The van der Waals surface area contributed by atoms with Crippen LogP contribution >= 0.6 is 0 Å². The van der Waals surface area contributed by atoms with E-state index in [1.54, 1.807) is 18.3 Å². The molecular formula is C21H24F3N3O2Si. The van der Waals surface area contributed by atoms with E-state index in [4.69, 9.17) is 4.74 Å². The van der Waals surface area contributed by atoms with E-state index in [9.17, 15) is 18.0 Å². The maximum atomic E-state index is 13.1. The molecule has 0 radical (unpaired) electrons. The van der Waals surface area contributed by atoms with Crippen molar-refractivity contribution in [2.45, 2.75) is 45.5 Å². The van der Waals surface area contributed by atoms with Crippen molar-refractivity contribution in [2.24, 2.45) is 0 Å². The van der Waals surface area contributed by atoms with Gasteiger partial charge in [-0.3, -0.25) is 19.3 Å². The predicted molar refractivity (Wildman–Crippen MR) is 113 cm³/mol. The Bertz CT molecular complexity index is 1120. The topological polar surface area (TPSA) is 57.0 Å². The van der Waals surface area contributed by atoms with Gasteiger partial charge in [0.05, 0.1) is 22.2 Å². The fourth-order valence-electron chi connectivity index (χ4n) is 3.05. The maximum Gasteiger partial charge on any atom is 0.418 e. The van der Waals surface area contributed by atoms with Gasteiger partial charge in [-0.2, -0.15) is 13.2 Å². The van der Waals surface area contributed by atoms with Crippen LogP contribution in [0.1, 0.15) is 11.1 Å². The number of hydrogen-bond acceptors (Lipinski definition) is 4. The second-order valence-electron chi connectivity index (χ2n) is 8.45. The standard InChI is InChI=1S/C21H24F3N3O2Si/c1-14-10-18(26-11-17(14)21(22,23)24)16-12-27(13-29-8-9-30(2,3)4)20(28)15-6-5-7-25-19(15)16/h5-7,10-12H,8-9,13H2,1-4H3. The van der Waals surface area contributed by atoms with Crippen LogP contribution in [0.3, 0.4) is 0 Å². The summed E-state index contributed by atoms with van der Waals surface area (Å²) < 4.78 is 46.4. The molecule has 9 heteroatoms. The van der Waals surface area contributed by atoms with Gasteiger partial charge in [-0.15, -0.1) is 0 Å². The van der Waals surface area contributed by atoms with E-state index in [2.05, 4.69) is 29.6 Å². The van der Waals surface area contributed by atoms with E-state index in [1.165, 1.54) is 23.8 Å². The van der Waals surface area contributed by atoms with Crippen LogP contribution in [-0.2, 0) is 17.6 Å². The summed E-state index contributed by atoms with van der Waals surface area (Å²) in [7, 11) is -1.27. The molecule has 0 aliphatic carbocycles. The predicted octanol–water partition coefficient (Wildman–Crippen LogP) is 5.10. The number of halogens is 3. The minimum absolute atomic E-state index is 0.0562. The van der Waals surface area contributed by atoms with Crippen molar-refractivity contribution in [3.8, 4) is 11.3 Å². The summed E-state index contributed by atoms with van der Waals surface area (Å²) in [5.74, 6) is 0. The van der Waals surface area contributed by atoms with E-state index >= 15 is 0 Å². The molecule has 5 nitrogen and oxygen atoms in total. The second kappa shape index (κ2) is 8.31. The fraction of sp³-hybridized carbons (Fsp3) is 0.381. The lowest BCUT2D eigenvalue weighted by Gasteiger charge is -2.17. The molecule has 0 saturated heterocycles. The van der Waals surface area contributed by atoms with E-state index in [0.29, 0.717) is 28.8 Å². The van der Waals surface area contributed by atoms with Gasteiger partial charge < -0.3 is 4.74 Å². The Morgan fingerprint density at radius 1 is 1.20 bits per heavy atom. The Morgan fingerprint density at radius 2 is 1.93 bits per heavy atom. The van der Waals surface area contributed by atoms with Crippen LogP contribution in [0.15, 0.2) is 41.6 Å². The number of aromatic nitrogens is 3. The number of alkyl halides is 3. The van der Waals surface area contributed by atoms with Gasteiger partial charge in [0.25, 0.3) is 5.56 Å². The Kier molecular flexibility index (Phi) is 6.14. The van der Waals surface area contributed by atoms with Gasteiger partial charge in [-0.05, 0) is 36.7 Å². The highest BCUT2D eigenvalue weighted by Crippen LogP contribution is 2.33. The molecule has 3 heterocycles. The molecule has 0 fully saturated rings. The zero-order valence-corrected chi connectivity index (χ0v) is 18.4. The van der Waals surface area contributed by atoms with Crippen molar-refractivity contribution in [2.75, 3.05) is 6.61 Å². The van der Waals surface area contributed by atoms with Crippen LogP contribution in [0.5, 0.6) is 0 Å². The van der Waals surface area contributed by atoms with Gasteiger partial charge in [0.15, 0.2) is 0 Å². The number of pyridine rings is 3. The highest BCUT2D eigenvalue weighted by Gasteiger charge is 2.33. The van der Waals surface area contributed by atoms with Gasteiger partial charge in [0, 0.05) is 38.8 Å². The molecule has 0 spiro atoms. The molecular weight excluding hydrogens is 411 g/mol. The molecule has 3 aromatic heterocycles. The molecule has 0 amide bonds. The zero-order chi connectivity index (χ0) is 22.1. The summed E-state index contributed by atoms with van der Waals surface area (Å²) in [6.07, 6.45) is -0.559. The average Bonchev–Trinajstić information content (AvgIpc) is 2.65. The van der Waals surface area contributed by atoms with Gasteiger partial charge in [-0.1, -0.05) is 19.6 Å². The van der Waals surface area contributed by atoms with Crippen LogP contribution in [0, 0.1) is 6.92 Å². The van der Waals surface area contributed by atoms with E-state index in [-0.39, 0.29) is 17.9 Å². The maximum absolute atomic E-state index is 13.1. The number of aryl methyl sites for hydroxylation is 1. The van der Waals surface area contributed by atoms with Crippen LogP contribution < -0.4 is 5.56 Å². The molecule has 0 saturated carbocycles. The number of rotatable bonds is 6. The summed E-state index contributed by atoms with van der Waals surface area (Å²) in [6.45, 7) is 8.70. The average molecular weight is 436 g/mol. The number of nitrogens with zero attached hydrogens (tertiary/aromatic N) is 3. The van der Waals surface area contributed by atoms with E-state index in [0.717, 1.165) is 12.2 Å². The van der Waals surface area contributed by atoms with Crippen LogP contribution in [0.25, 0.3) is 22.2 Å². The van der Waals surface area contributed by atoms with Gasteiger partial charge >= 0.3 is 6.18 Å². The molecule has 0 aliphatic rings. The van der Waals surface area contributed by atoms with Gasteiger partial charge in [0.1, 0.15) is 6.73 Å². The van der Waals surface area contributed by atoms with Crippen molar-refractivity contribution in [1.82, 2.24) is 14.5 Å². The molecule has 0 aromatic carbocycles. The molecule has 0 atom stereocenters. The molecule has 0 N–H and O–H groups in total. The van der Waals surface area contributed by atoms with E-state index in [1.807, 2.05) is 0 Å². The lowest BCUT2D eigenvalue weighted by Crippen LogP contribution is -2.25. The summed E-state index contributed by atoms with van der Waals surface area (Å²) >= 11 is 0. The quantitative estimate of drug-likeness (QED) is 0.399. The smallest absolute Gasteiger partial charge is 0.361 e. The van der Waals surface area contributed by atoms with Crippen LogP contribution in [0.4, 0.5) is 13.2 Å². The zero-order valence-electron chi connectivity index (χ0n) is 17.4. The first kappa shape index (κ1) is 22.2. The summed E-state index contributed by atoms with van der Waals surface area (Å²) in [4.78, 5) is 21.1. The third kappa shape index (κ3) is 4.96. The Balaban J connectivity index is 2.03. The van der Waals surface area contributed by atoms with Crippen molar-refractivity contribution in [3.63, 3.8) is 0 Å². The molecule has 30 heavy (non-hydrogen) atoms. The minimum atomic E-state index is -4.47. The lowest BCUT2D eigenvalue weighted by atomic mass is 10.1. The Labute approximate surface area is 173 Å². The Morgan fingerprint density at radius 3 is 2.57 bits per heavy atom. The summed E-state index contributed by atoms with van der Waals surface area (Å²) in [5.41, 5.74) is 0.203. The summed E-state index contributed by atoms with van der Waals surface area (Å²) in [5, 5.41) is 0.364. The third-order valence-corrected chi connectivity index (χ3v) is 6.46. The van der Waals surface area contributed by atoms with Crippen molar-refractivity contribution in [1.29, 1.82) is 0 Å². The first-order chi connectivity index (χ1) is 14.0. The highest BCUT2D eigenvalue weighted by molar-refractivity contribution is 6.76. The highest BCUT2D eigenvalue weighted by atomic mass is 28.3. The minimum Gasteiger partial charge on any atom is -0.361 e. The Hall–Kier alpha value is -2.52. The second-order valence-corrected chi connectivity index (χ2v) is 14.1. The van der Waals surface area contributed by atoms with Crippen LogP contribution in [0.2, 0.25) is 25.7 Å². The SMILES string of the molecule is Cc1cc(-c2cn(COCC[Si](C)(C)C)c(=O)c3cccnc23)ncc1C(F)(F)F. The van der Waals surface area contributed by atoms with Crippen molar-refractivity contribution in [3.05, 3.63) is 58.3 Å². The molecule has 3 aromatic rings.